The molecule has 0 aromatic carbocycles. The fourth-order valence-corrected chi connectivity index (χ4v) is 2.17. The molecule has 1 amide bonds. The fraction of sp³-hybridized carbons (Fsp3) is 0.750. The van der Waals surface area contributed by atoms with Crippen LogP contribution in [0.2, 0.25) is 0 Å². The van der Waals surface area contributed by atoms with Crippen molar-refractivity contribution in [3.8, 4) is 6.07 Å². The Hall–Kier alpha value is -1.57. The van der Waals surface area contributed by atoms with E-state index in [1.807, 2.05) is 6.07 Å². The third-order valence-electron chi connectivity index (χ3n) is 3.22. The van der Waals surface area contributed by atoms with Crippen LogP contribution in [-0.4, -0.2) is 23.5 Å². The first-order valence-corrected chi connectivity index (χ1v) is 5.96. The third kappa shape index (κ3) is 3.74. The lowest BCUT2D eigenvalue weighted by molar-refractivity contribution is -0.148. The van der Waals surface area contributed by atoms with Crippen LogP contribution in [0.5, 0.6) is 0 Å². The molecule has 0 radical (unpaired) electrons. The second-order valence-corrected chi connectivity index (χ2v) is 4.61. The van der Waals surface area contributed by atoms with Crippen molar-refractivity contribution in [1.29, 1.82) is 5.26 Å². The minimum Gasteiger partial charge on any atom is -0.481 e. The van der Waals surface area contributed by atoms with Gasteiger partial charge in [0.2, 0.25) is 5.91 Å². The number of aliphatic carboxylic acids is 1. The molecule has 0 saturated heterocycles. The van der Waals surface area contributed by atoms with Gasteiger partial charge in [-0.05, 0) is 19.8 Å². The molecule has 0 bridgehead atoms. The average Bonchev–Trinajstić information content (AvgIpc) is 2.35. The Morgan fingerprint density at radius 3 is 2.53 bits per heavy atom. The predicted octanol–water partition coefficient (Wildman–Crippen LogP) is 1.15. The molecule has 1 aliphatic carbocycles. The minimum atomic E-state index is -0.891. The highest BCUT2D eigenvalue weighted by atomic mass is 16.4. The number of carboxylic acids is 1. The molecule has 0 heterocycles. The predicted molar refractivity (Wildman–Crippen MR) is 60.9 cm³/mol. The topological polar surface area (TPSA) is 90.2 Å². The summed E-state index contributed by atoms with van der Waals surface area (Å²) < 4.78 is 0. The van der Waals surface area contributed by atoms with E-state index < -0.39 is 17.8 Å². The Labute approximate surface area is 101 Å². The lowest BCUT2D eigenvalue weighted by atomic mass is 9.78. The largest absolute Gasteiger partial charge is 0.481 e. The molecule has 1 rings (SSSR count). The van der Waals surface area contributed by atoms with Crippen LogP contribution in [0.1, 0.15) is 32.6 Å². The molecule has 0 aliphatic heterocycles. The van der Waals surface area contributed by atoms with Gasteiger partial charge in [-0.15, -0.1) is 0 Å². The van der Waals surface area contributed by atoms with Gasteiger partial charge in [-0.25, -0.2) is 0 Å². The van der Waals surface area contributed by atoms with Gasteiger partial charge in [0.1, 0.15) is 0 Å². The maximum absolute atomic E-state index is 11.8. The van der Waals surface area contributed by atoms with E-state index in [9.17, 15) is 9.59 Å². The summed E-state index contributed by atoms with van der Waals surface area (Å²) in [5, 5.41) is 20.3. The number of carboxylic acid groups (broad SMARTS) is 1. The van der Waals surface area contributed by atoms with Gasteiger partial charge in [-0.1, -0.05) is 12.8 Å². The van der Waals surface area contributed by atoms with Gasteiger partial charge >= 0.3 is 5.97 Å². The highest BCUT2D eigenvalue weighted by molar-refractivity contribution is 5.84. The van der Waals surface area contributed by atoms with Crippen LogP contribution in [0.15, 0.2) is 0 Å². The molecule has 3 unspecified atom stereocenters. The van der Waals surface area contributed by atoms with Crippen LogP contribution in [-0.2, 0) is 9.59 Å². The summed E-state index contributed by atoms with van der Waals surface area (Å²) in [5.41, 5.74) is 0. The van der Waals surface area contributed by atoms with Crippen molar-refractivity contribution in [1.82, 2.24) is 5.32 Å². The van der Waals surface area contributed by atoms with Crippen LogP contribution >= 0.6 is 0 Å². The average molecular weight is 238 g/mol. The van der Waals surface area contributed by atoms with Crippen LogP contribution in [0.3, 0.4) is 0 Å². The lowest BCUT2D eigenvalue weighted by Crippen LogP contribution is -2.41. The van der Waals surface area contributed by atoms with Gasteiger partial charge in [0, 0.05) is 6.54 Å². The maximum Gasteiger partial charge on any atom is 0.307 e. The molecule has 5 heteroatoms. The Morgan fingerprint density at radius 2 is 2.00 bits per heavy atom. The Kier molecular flexibility index (Phi) is 4.95. The smallest absolute Gasteiger partial charge is 0.307 e. The Bertz CT molecular complexity index is 335. The number of amides is 1. The molecular formula is C12H18N2O3. The zero-order chi connectivity index (χ0) is 12.8. The first-order chi connectivity index (χ1) is 8.06. The number of nitrogens with one attached hydrogen (secondary N) is 1. The van der Waals surface area contributed by atoms with Crippen molar-refractivity contribution in [2.24, 2.45) is 17.8 Å². The van der Waals surface area contributed by atoms with Crippen LogP contribution < -0.4 is 5.32 Å². The Balaban J connectivity index is 2.54. The molecule has 94 valence electrons. The summed E-state index contributed by atoms with van der Waals surface area (Å²) in [7, 11) is 0. The first kappa shape index (κ1) is 13.5. The van der Waals surface area contributed by atoms with Crippen molar-refractivity contribution < 1.29 is 14.7 Å². The zero-order valence-corrected chi connectivity index (χ0v) is 9.98. The maximum atomic E-state index is 11.8. The molecule has 1 saturated carbocycles. The molecule has 2 N–H and O–H groups in total. The monoisotopic (exact) mass is 238 g/mol. The van der Waals surface area contributed by atoms with E-state index in [1.165, 1.54) is 0 Å². The summed E-state index contributed by atoms with van der Waals surface area (Å²) in [4.78, 5) is 22.9. The van der Waals surface area contributed by atoms with Crippen molar-refractivity contribution in [3.05, 3.63) is 0 Å². The van der Waals surface area contributed by atoms with Crippen LogP contribution in [0.4, 0.5) is 0 Å². The first-order valence-electron chi connectivity index (χ1n) is 5.96. The normalized spacial score (nSPS) is 25.6. The minimum absolute atomic E-state index is 0.223. The highest BCUT2D eigenvalue weighted by Gasteiger charge is 2.35. The van der Waals surface area contributed by atoms with Gasteiger partial charge < -0.3 is 10.4 Å². The van der Waals surface area contributed by atoms with E-state index in [4.69, 9.17) is 10.4 Å². The molecule has 0 aromatic rings. The van der Waals surface area contributed by atoms with Gasteiger partial charge in [-0.2, -0.15) is 5.26 Å². The lowest BCUT2D eigenvalue weighted by Gasteiger charge is -2.27. The molecule has 1 aliphatic rings. The van der Waals surface area contributed by atoms with Crippen molar-refractivity contribution in [2.75, 3.05) is 6.54 Å². The van der Waals surface area contributed by atoms with Crippen molar-refractivity contribution >= 4 is 11.9 Å². The van der Waals surface area contributed by atoms with Gasteiger partial charge in [0.15, 0.2) is 0 Å². The SMILES string of the molecule is CC(C#N)CNC(=O)C1CCCCC1C(=O)O. The summed E-state index contributed by atoms with van der Waals surface area (Å²) in [6, 6.07) is 2.03. The van der Waals surface area contributed by atoms with Gasteiger partial charge in [0.05, 0.1) is 23.8 Å². The van der Waals surface area contributed by atoms with E-state index in [2.05, 4.69) is 5.32 Å². The quantitative estimate of drug-likeness (QED) is 0.768. The number of hydrogen-bond acceptors (Lipinski definition) is 3. The molecular weight excluding hydrogens is 220 g/mol. The van der Waals surface area contributed by atoms with E-state index in [0.717, 1.165) is 12.8 Å². The Morgan fingerprint density at radius 1 is 1.41 bits per heavy atom. The number of carbonyl (C=O) groups excluding carboxylic acids is 1. The third-order valence-corrected chi connectivity index (χ3v) is 3.22. The number of hydrogen-bond donors (Lipinski definition) is 2. The van der Waals surface area contributed by atoms with Gasteiger partial charge in [0.25, 0.3) is 0 Å². The van der Waals surface area contributed by atoms with E-state index >= 15 is 0 Å². The van der Waals surface area contributed by atoms with Gasteiger partial charge in [-0.3, -0.25) is 9.59 Å². The highest BCUT2D eigenvalue weighted by Crippen LogP contribution is 2.30. The molecule has 0 spiro atoms. The molecule has 17 heavy (non-hydrogen) atoms. The van der Waals surface area contributed by atoms with Crippen LogP contribution in [0, 0.1) is 29.1 Å². The molecule has 3 atom stereocenters. The number of nitrogens with zero attached hydrogens (tertiary/aromatic N) is 1. The second-order valence-electron chi connectivity index (χ2n) is 4.61. The summed E-state index contributed by atoms with van der Waals surface area (Å²) in [6.45, 7) is 2.01. The fourth-order valence-electron chi connectivity index (χ4n) is 2.17. The molecule has 1 fully saturated rings. The summed E-state index contributed by atoms with van der Waals surface area (Å²) in [6.07, 6.45) is 2.97. The van der Waals surface area contributed by atoms with Crippen LogP contribution in [0.25, 0.3) is 0 Å². The zero-order valence-electron chi connectivity index (χ0n) is 9.98. The summed E-state index contributed by atoms with van der Waals surface area (Å²) >= 11 is 0. The van der Waals surface area contributed by atoms with Crippen molar-refractivity contribution in [3.63, 3.8) is 0 Å². The molecule has 0 aromatic heterocycles. The number of carbonyl (C=O) groups is 2. The van der Waals surface area contributed by atoms with Crippen molar-refractivity contribution in [2.45, 2.75) is 32.6 Å². The number of rotatable bonds is 4. The summed E-state index contributed by atoms with van der Waals surface area (Å²) in [5.74, 6) is -2.36. The van der Waals surface area contributed by atoms with E-state index in [0.29, 0.717) is 12.8 Å². The molecule has 5 nitrogen and oxygen atoms in total. The number of nitriles is 1. The standard InChI is InChI=1S/C12H18N2O3/c1-8(6-13)7-14-11(15)9-4-2-3-5-10(9)12(16)17/h8-10H,2-5,7H2,1H3,(H,14,15)(H,16,17). The van der Waals surface area contributed by atoms with E-state index in [-0.39, 0.29) is 18.4 Å². The second kappa shape index (κ2) is 6.24. The van der Waals surface area contributed by atoms with E-state index in [1.54, 1.807) is 6.92 Å².